The Labute approximate surface area is 116 Å². The highest BCUT2D eigenvalue weighted by Crippen LogP contribution is 2.13. The van der Waals surface area contributed by atoms with Crippen LogP contribution in [0.3, 0.4) is 0 Å². The fraction of sp³-hybridized carbons (Fsp3) is 0.800. The van der Waals surface area contributed by atoms with Gasteiger partial charge < -0.3 is 14.9 Å². The first kappa shape index (κ1) is 18.1. The monoisotopic (exact) mass is 272 g/mol. The summed E-state index contributed by atoms with van der Waals surface area (Å²) in [5.74, 6) is -0.387. The second-order valence-electron chi connectivity index (χ2n) is 5.04. The zero-order valence-electron chi connectivity index (χ0n) is 12.4. The van der Waals surface area contributed by atoms with Gasteiger partial charge in [0.1, 0.15) is 0 Å². The molecule has 0 saturated heterocycles. The summed E-state index contributed by atoms with van der Waals surface area (Å²) in [6.45, 7) is 6.79. The minimum Gasteiger partial charge on any atom is -0.478 e. The molecule has 4 nitrogen and oxygen atoms in total. The maximum Gasteiger partial charge on any atom is 0.330 e. The van der Waals surface area contributed by atoms with Crippen molar-refractivity contribution in [2.45, 2.75) is 59.0 Å². The van der Waals surface area contributed by atoms with E-state index in [2.05, 4.69) is 13.8 Å². The Morgan fingerprint density at radius 3 is 2.53 bits per heavy atom. The first-order valence-corrected chi connectivity index (χ1v) is 7.17. The van der Waals surface area contributed by atoms with Crippen LogP contribution in [0.2, 0.25) is 0 Å². The highest BCUT2D eigenvalue weighted by molar-refractivity contribution is 5.85. The van der Waals surface area contributed by atoms with Crippen LogP contribution < -0.4 is 0 Å². The van der Waals surface area contributed by atoms with E-state index >= 15 is 0 Å². The normalized spacial score (nSPS) is 15.3. The summed E-state index contributed by atoms with van der Waals surface area (Å²) >= 11 is 0. The lowest BCUT2D eigenvalue weighted by atomic mass is 10.0. The van der Waals surface area contributed by atoms with Crippen LogP contribution in [0.25, 0.3) is 0 Å². The van der Waals surface area contributed by atoms with Gasteiger partial charge in [-0.3, -0.25) is 0 Å². The topological polar surface area (TPSA) is 66.8 Å². The van der Waals surface area contributed by atoms with Gasteiger partial charge >= 0.3 is 5.97 Å². The number of rotatable bonds is 11. The van der Waals surface area contributed by atoms with E-state index in [0.29, 0.717) is 18.9 Å². The number of hydrogen-bond acceptors (Lipinski definition) is 3. The molecule has 0 heterocycles. The third-order valence-corrected chi connectivity index (χ3v) is 3.24. The smallest absolute Gasteiger partial charge is 0.330 e. The molecule has 0 aromatic heterocycles. The molecule has 2 N–H and O–H groups in total. The average molecular weight is 272 g/mol. The van der Waals surface area contributed by atoms with Crippen LogP contribution in [0.15, 0.2) is 11.6 Å². The van der Waals surface area contributed by atoms with Crippen LogP contribution in [0, 0.1) is 5.92 Å². The van der Waals surface area contributed by atoms with Gasteiger partial charge in [0.25, 0.3) is 0 Å². The fourth-order valence-corrected chi connectivity index (χ4v) is 1.74. The summed E-state index contributed by atoms with van der Waals surface area (Å²) in [5.41, 5.74) is 0.258. The first-order valence-electron chi connectivity index (χ1n) is 7.17. The molecule has 0 aliphatic carbocycles. The van der Waals surface area contributed by atoms with Crippen molar-refractivity contribution < 1.29 is 19.7 Å². The van der Waals surface area contributed by atoms with Gasteiger partial charge in [-0.1, -0.05) is 39.2 Å². The summed E-state index contributed by atoms with van der Waals surface area (Å²) in [6, 6.07) is 0. The molecule has 2 atom stereocenters. The van der Waals surface area contributed by atoms with Gasteiger partial charge in [0.05, 0.1) is 12.7 Å². The lowest BCUT2D eigenvalue weighted by Crippen LogP contribution is -2.18. The van der Waals surface area contributed by atoms with Gasteiger partial charge in [0, 0.05) is 12.2 Å². The van der Waals surface area contributed by atoms with Crippen LogP contribution >= 0.6 is 0 Å². The molecule has 0 aliphatic heterocycles. The van der Waals surface area contributed by atoms with Crippen LogP contribution in [-0.4, -0.2) is 35.5 Å². The van der Waals surface area contributed by atoms with E-state index in [1.165, 1.54) is 32.3 Å². The molecule has 0 aliphatic rings. The van der Waals surface area contributed by atoms with Crippen molar-refractivity contribution in [3.05, 3.63) is 11.6 Å². The average Bonchev–Trinajstić information content (AvgIpc) is 2.39. The molecule has 0 fully saturated rings. The maximum absolute atomic E-state index is 10.6. The van der Waals surface area contributed by atoms with E-state index in [9.17, 15) is 9.90 Å². The molecule has 0 radical (unpaired) electrons. The predicted octanol–water partition coefficient (Wildman–Crippen LogP) is 3.00. The zero-order valence-corrected chi connectivity index (χ0v) is 12.4. The molecule has 4 heteroatoms. The Morgan fingerprint density at radius 2 is 2.00 bits per heavy atom. The SMILES string of the molecule is CCCCC(CC)COCC(O)CC=C(C)C(=O)O. The number of aliphatic hydroxyl groups excluding tert-OH is 1. The molecule has 0 saturated carbocycles. The summed E-state index contributed by atoms with van der Waals surface area (Å²) in [4.78, 5) is 10.6. The van der Waals surface area contributed by atoms with Gasteiger partial charge in [-0.25, -0.2) is 4.79 Å². The van der Waals surface area contributed by atoms with Crippen molar-refractivity contribution >= 4 is 5.97 Å². The lowest BCUT2D eigenvalue weighted by Gasteiger charge is -2.16. The number of carboxylic acid groups (broad SMARTS) is 1. The molecule has 0 bridgehead atoms. The summed E-state index contributed by atoms with van der Waals surface area (Å²) < 4.78 is 5.51. The van der Waals surface area contributed by atoms with E-state index < -0.39 is 12.1 Å². The van der Waals surface area contributed by atoms with Crippen LogP contribution in [0.1, 0.15) is 52.9 Å². The molecule has 112 valence electrons. The molecule has 0 spiro atoms. The van der Waals surface area contributed by atoms with Crippen molar-refractivity contribution in [1.82, 2.24) is 0 Å². The molecule has 0 aromatic rings. The van der Waals surface area contributed by atoms with E-state index in [0.717, 1.165) is 6.42 Å². The van der Waals surface area contributed by atoms with Gasteiger partial charge in [-0.05, 0) is 25.7 Å². The van der Waals surface area contributed by atoms with Crippen LogP contribution in [0.4, 0.5) is 0 Å². The van der Waals surface area contributed by atoms with Crippen LogP contribution in [0.5, 0.6) is 0 Å². The highest BCUT2D eigenvalue weighted by Gasteiger charge is 2.09. The van der Waals surface area contributed by atoms with Gasteiger partial charge in [-0.2, -0.15) is 0 Å². The molecule has 0 amide bonds. The van der Waals surface area contributed by atoms with Gasteiger partial charge in [0.2, 0.25) is 0 Å². The van der Waals surface area contributed by atoms with E-state index in [-0.39, 0.29) is 12.2 Å². The maximum atomic E-state index is 10.6. The number of carbonyl (C=O) groups is 1. The van der Waals surface area contributed by atoms with Crippen molar-refractivity contribution in [2.75, 3.05) is 13.2 Å². The summed E-state index contributed by atoms with van der Waals surface area (Å²) in [5, 5.41) is 18.4. The van der Waals surface area contributed by atoms with Crippen molar-refractivity contribution in [3.63, 3.8) is 0 Å². The number of aliphatic hydroxyl groups is 1. The Bertz CT molecular complexity index is 273. The number of ether oxygens (including phenoxy) is 1. The number of unbranched alkanes of at least 4 members (excludes halogenated alkanes) is 1. The third-order valence-electron chi connectivity index (χ3n) is 3.24. The minimum absolute atomic E-state index is 0.258. The van der Waals surface area contributed by atoms with Gasteiger partial charge in [0.15, 0.2) is 0 Å². The molecular weight excluding hydrogens is 244 g/mol. The number of aliphatic carboxylic acids is 1. The lowest BCUT2D eigenvalue weighted by molar-refractivity contribution is -0.132. The number of hydrogen-bond donors (Lipinski definition) is 2. The Hall–Kier alpha value is -0.870. The van der Waals surface area contributed by atoms with Crippen LogP contribution in [-0.2, 0) is 9.53 Å². The quantitative estimate of drug-likeness (QED) is 0.567. The Balaban J connectivity index is 3.80. The standard InChI is InChI=1S/C15H28O4/c1-4-6-7-13(5-2)10-19-11-14(16)9-8-12(3)15(17)18/h8,13-14,16H,4-7,9-11H2,1-3H3,(H,17,18). The van der Waals surface area contributed by atoms with Crippen molar-refractivity contribution in [1.29, 1.82) is 0 Å². The highest BCUT2D eigenvalue weighted by atomic mass is 16.5. The Kier molecular flexibility index (Phi) is 10.5. The minimum atomic E-state index is -0.946. The molecular formula is C15H28O4. The zero-order chi connectivity index (χ0) is 14.7. The van der Waals surface area contributed by atoms with Crippen molar-refractivity contribution in [3.8, 4) is 0 Å². The van der Waals surface area contributed by atoms with Crippen molar-refractivity contribution in [2.24, 2.45) is 5.92 Å². The van der Waals surface area contributed by atoms with Gasteiger partial charge in [-0.15, -0.1) is 0 Å². The summed E-state index contributed by atoms with van der Waals surface area (Å²) in [6.07, 6.45) is 5.89. The van der Waals surface area contributed by atoms with E-state index in [1.54, 1.807) is 0 Å². The molecule has 2 unspecified atom stereocenters. The second kappa shape index (κ2) is 11.0. The predicted molar refractivity (Wildman–Crippen MR) is 76.1 cm³/mol. The number of carboxylic acids is 1. The third kappa shape index (κ3) is 9.68. The summed E-state index contributed by atoms with van der Waals surface area (Å²) in [7, 11) is 0. The second-order valence-corrected chi connectivity index (χ2v) is 5.04. The Morgan fingerprint density at radius 1 is 1.32 bits per heavy atom. The molecule has 19 heavy (non-hydrogen) atoms. The molecule has 0 aromatic carbocycles. The van der Waals surface area contributed by atoms with E-state index in [1.807, 2.05) is 0 Å². The fourth-order valence-electron chi connectivity index (χ4n) is 1.74. The van der Waals surface area contributed by atoms with E-state index in [4.69, 9.17) is 9.84 Å². The largest absolute Gasteiger partial charge is 0.478 e. The first-order chi connectivity index (χ1) is 9.01. The molecule has 0 rings (SSSR count).